The standard InChI is InChI=1S/C16H18BrNO2S/c1-19-15-10-12(11-18)9-14(17)16(15)20-7-8-21-13-5-3-2-4-6-13/h2-6,9-10H,7-8,11,18H2,1H3. The number of benzene rings is 2. The van der Waals surface area contributed by atoms with Crippen molar-refractivity contribution in [2.75, 3.05) is 19.5 Å². The van der Waals surface area contributed by atoms with E-state index in [2.05, 4.69) is 28.1 Å². The Kier molecular flexibility index (Phi) is 6.42. The predicted octanol–water partition coefficient (Wildman–Crippen LogP) is 4.09. The van der Waals surface area contributed by atoms with Crippen molar-refractivity contribution in [3.63, 3.8) is 0 Å². The van der Waals surface area contributed by atoms with Crippen LogP contribution in [0.5, 0.6) is 11.5 Å². The number of rotatable bonds is 7. The second-order valence-electron chi connectivity index (χ2n) is 4.32. The van der Waals surface area contributed by atoms with E-state index in [-0.39, 0.29) is 0 Å². The molecule has 2 aromatic carbocycles. The predicted molar refractivity (Wildman–Crippen MR) is 91.2 cm³/mol. The van der Waals surface area contributed by atoms with E-state index in [1.54, 1.807) is 18.9 Å². The lowest BCUT2D eigenvalue weighted by molar-refractivity contribution is 0.311. The molecule has 2 rings (SSSR count). The molecule has 0 radical (unpaired) electrons. The van der Waals surface area contributed by atoms with Crippen LogP contribution >= 0.6 is 27.7 Å². The summed E-state index contributed by atoms with van der Waals surface area (Å²) in [5.41, 5.74) is 6.66. The second kappa shape index (κ2) is 8.32. The monoisotopic (exact) mass is 367 g/mol. The summed E-state index contributed by atoms with van der Waals surface area (Å²) in [6, 6.07) is 14.1. The molecule has 0 saturated carbocycles. The summed E-state index contributed by atoms with van der Waals surface area (Å²) in [5.74, 6) is 2.30. The maximum absolute atomic E-state index is 5.85. The van der Waals surface area contributed by atoms with Crippen LogP contribution in [0, 0.1) is 0 Å². The minimum absolute atomic E-state index is 0.471. The van der Waals surface area contributed by atoms with Crippen molar-refractivity contribution in [3.05, 3.63) is 52.5 Å². The van der Waals surface area contributed by atoms with Gasteiger partial charge in [0.2, 0.25) is 0 Å². The molecule has 0 bridgehead atoms. The Labute approximate surface area is 138 Å². The number of methoxy groups -OCH3 is 1. The minimum atomic E-state index is 0.471. The van der Waals surface area contributed by atoms with E-state index in [1.807, 2.05) is 30.3 Å². The van der Waals surface area contributed by atoms with Crippen molar-refractivity contribution < 1.29 is 9.47 Å². The van der Waals surface area contributed by atoms with Crippen molar-refractivity contribution in [2.24, 2.45) is 5.73 Å². The van der Waals surface area contributed by atoms with E-state index >= 15 is 0 Å². The third kappa shape index (κ3) is 4.66. The van der Waals surface area contributed by atoms with Crippen LogP contribution in [0.2, 0.25) is 0 Å². The number of nitrogens with two attached hydrogens (primary N) is 1. The van der Waals surface area contributed by atoms with E-state index in [1.165, 1.54) is 4.90 Å². The van der Waals surface area contributed by atoms with Crippen LogP contribution in [-0.2, 0) is 6.54 Å². The average molecular weight is 368 g/mol. The number of hydrogen-bond acceptors (Lipinski definition) is 4. The van der Waals surface area contributed by atoms with Crippen molar-refractivity contribution in [1.82, 2.24) is 0 Å². The van der Waals surface area contributed by atoms with Crippen LogP contribution in [0.4, 0.5) is 0 Å². The van der Waals surface area contributed by atoms with Gasteiger partial charge in [0, 0.05) is 17.2 Å². The number of thioether (sulfide) groups is 1. The Morgan fingerprint density at radius 3 is 2.62 bits per heavy atom. The molecule has 0 saturated heterocycles. The normalized spacial score (nSPS) is 10.4. The van der Waals surface area contributed by atoms with E-state index in [0.29, 0.717) is 18.9 Å². The first kappa shape index (κ1) is 16.2. The Bertz CT molecular complexity index is 578. The highest BCUT2D eigenvalue weighted by Gasteiger charge is 2.11. The first-order valence-corrected chi connectivity index (χ1v) is 8.39. The summed E-state index contributed by atoms with van der Waals surface area (Å²) in [7, 11) is 1.63. The van der Waals surface area contributed by atoms with E-state index in [9.17, 15) is 0 Å². The second-order valence-corrected chi connectivity index (χ2v) is 6.35. The van der Waals surface area contributed by atoms with Gasteiger partial charge in [0.1, 0.15) is 0 Å². The maximum Gasteiger partial charge on any atom is 0.175 e. The Morgan fingerprint density at radius 2 is 1.95 bits per heavy atom. The molecular formula is C16H18BrNO2S. The fourth-order valence-electron chi connectivity index (χ4n) is 1.85. The van der Waals surface area contributed by atoms with Gasteiger partial charge >= 0.3 is 0 Å². The van der Waals surface area contributed by atoms with Crippen molar-refractivity contribution >= 4 is 27.7 Å². The first-order chi connectivity index (χ1) is 10.2. The lowest BCUT2D eigenvalue weighted by atomic mass is 10.2. The van der Waals surface area contributed by atoms with Gasteiger partial charge in [-0.2, -0.15) is 0 Å². The van der Waals surface area contributed by atoms with Gasteiger partial charge in [-0.05, 0) is 45.8 Å². The molecule has 0 heterocycles. The molecule has 0 aliphatic carbocycles. The van der Waals surface area contributed by atoms with Gasteiger partial charge in [-0.25, -0.2) is 0 Å². The SMILES string of the molecule is COc1cc(CN)cc(Br)c1OCCSc1ccccc1. The van der Waals surface area contributed by atoms with Crippen LogP contribution in [0.1, 0.15) is 5.56 Å². The molecule has 0 aromatic heterocycles. The number of ether oxygens (including phenoxy) is 2. The molecule has 2 aromatic rings. The molecule has 0 amide bonds. The summed E-state index contributed by atoms with van der Waals surface area (Å²) in [6.45, 7) is 1.08. The molecule has 0 spiro atoms. The van der Waals surface area contributed by atoms with Crippen molar-refractivity contribution in [2.45, 2.75) is 11.4 Å². The Balaban J connectivity index is 1.93. The molecule has 0 fully saturated rings. The molecule has 2 N–H and O–H groups in total. The molecule has 0 aliphatic rings. The van der Waals surface area contributed by atoms with Crippen LogP contribution < -0.4 is 15.2 Å². The highest BCUT2D eigenvalue weighted by atomic mass is 79.9. The zero-order chi connectivity index (χ0) is 15.1. The van der Waals surface area contributed by atoms with Gasteiger partial charge in [-0.15, -0.1) is 11.8 Å². The number of halogens is 1. The van der Waals surface area contributed by atoms with Gasteiger partial charge in [-0.1, -0.05) is 18.2 Å². The lowest BCUT2D eigenvalue weighted by Gasteiger charge is -2.14. The van der Waals surface area contributed by atoms with Crippen LogP contribution in [0.15, 0.2) is 51.8 Å². The number of hydrogen-bond donors (Lipinski definition) is 1. The molecule has 5 heteroatoms. The largest absolute Gasteiger partial charge is 0.493 e. The van der Waals surface area contributed by atoms with Crippen LogP contribution in [0.25, 0.3) is 0 Å². The fraction of sp³-hybridized carbons (Fsp3) is 0.250. The Morgan fingerprint density at radius 1 is 1.19 bits per heavy atom. The third-order valence-corrected chi connectivity index (χ3v) is 4.43. The van der Waals surface area contributed by atoms with E-state index in [4.69, 9.17) is 15.2 Å². The maximum atomic E-state index is 5.85. The summed E-state index contributed by atoms with van der Waals surface area (Å²) in [5, 5.41) is 0. The molecule has 0 aliphatic heterocycles. The summed E-state index contributed by atoms with van der Waals surface area (Å²) in [4.78, 5) is 1.24. The van der Waals surface area contributed by atoms with Gasteiger partial charge in [0.05, 0.1) is 18.2 Å². The molecule has 3 nitrogen and oxygen atoms in total. The third-order valence-electron chi connectivity index (χ3n) is 2.87. The van der Waals surface area contributed by atoms with E-state index < -0.39 is 0 Å². The lowest BCUT2D eigenvalue weighted by Crippen LogP contribution is -2.04. The molecule has 112 valence electrons. The van der Waals surface area contributed by atoms with Crippen LogP contribution in [-0.4, -0.2) is 19.5 Å². The molecule has 0 atom stereocenters. The van der Waals surface area contributed by atoms with Gasteiger partial charge in [0.25, 0.3) is 0 Å². The topological polar surface area (TPSA) is 44.5 Å². The van der Waals surface area contributed by atoms with Gasteiger partial charge < -0.3 is 15.2 Å². The summed E-state index contributed by atoms with van der Waals surface area (Å²) >= 11 is 5.27. The smallest absolute Gasteiger partial charge is 0.175 e. The highest BCUT2D eigenvalue weighted by molar-refractivity contribution is 9.10. The van der Waals surface area contributed by atoms with Crippen LogP contribution in [0.3, 0.4) is 0 Å². The van der Waals surface area contributed by atoms with E-state index in [0.717, 1.165) is 21.5 Å². The highest BCUT2D eigenvalue weighted by Crippen LogP contribution is 2.36. The quantitative estimate of drug-likeness (QED) is 0.591. The van der Waals surface area contributed by atoms with Gasteiger partial charge in [-0.3, -0.25) is 0 Å². The fourth-order valence-corrected chi connectivity index (χ4v) is 3.21. The average Bonchev–Trinajstić information content (AvgIpc) is 2.53. The zero-order valence-corrected chi connectivity index (χ0v) is 14.2. The van der Waals surface area contributed by atoms with Crippen molar-refractivity contribution in [1.29, 1.82) is 0 Å². The molecule has 0 unspecified atom stereocenters. The summed E-state index contributed by atoms with van der Waals surface area (Å²) in [6.07, 6.45) is 0. The zero-order valence-electron chi connectivity index (χ0n) is 11.8. The van der Waals surface area contributed by atoms with Gasteiger partial charge in [0.15, 0.2) is 11.5 Å². The molecule has 21 heavy (non-hydrogen) atoms. The first-order valence-electron chi connectivity index (χ1n) is 6.61. The van der Waals surface area contributed by atoms with Crippen molar-refractivity contribution in [3.8, 4) is 11.5 Å². The Hall–Kier alpha value is -1.17. The summed E-state index contributed by atoms with van der Waals surface area (Å²) < 4.78 is 12.1. The molecular weight excluding hydrogens is 350 g/mol. The minimum Gasteiger partial charge on any atom is -0.493 e.